The fourth-order valence-electron chi connectivity index (χ4n) is 4.74. The molecule has 1 aromatic carbocycles. The zero-order chi connectivity index (χ0) is 23.2. The molecule has 1 amide bonds. The Hall–Kier alpha value is -3.81. The largest absolute Gasteiger partial charge is 0.462 e. The van der Waals surface area contributed by atoms with E-state index >= 15 is 0 Å². The van der Waals surface area contributed by atoms with Gasteiger partial charge in [0.15, 0.2) is 0 Å². The van der Waals surface area contributed by atoms with Gasteiger partial charge >= 0.3 is 5.97 Å². The Bertz CT molecular complexity index is 1240. The van der Waals surface area contributed by atoms with Crippen molar-refractivity contribution in [3.05, 3.63) is 81.6 Å². The molecule has 0 bridgehead atoms. The second-order valence-corrected chi connectivity index (χ2v) is 7.61. The molecule has 0 saturated heterocycles. The van der Waals surface area contributed by atoms with Crippen molar-refractivity contribution in [2.75, 3.05) is 18.1 Å². The summed E-state index contributed by atoms with van der Waals surface area (Å²) in [6, 6.07) is 8.71. The number of aromatic nitrogens is 1. The number of carbonyl (C=O) groups is 2. The predicted molar refractivity (Wildman–Crippen MR) is 119 cm³/mol. The Labute approximate surface area is 185 Å². The third-order valence-electron chi connectivity index (χ3n) is 5.96. The van der Waals surface area contributed by atoms with Gasteiger partial charge in [-0.05, 0) is 26.8 Å². The van der Waals surface area contributed by atoms with Crippen molar-refractivity contribution in [1.29, 1.82) is 0 Å². The van der Waals surface area contributed by atoms with Gasteiger partial charge in [-0.3, -0.25) is 9.59 Å². The van der Waals surface area contributed by atoms with E-state index < -0.39 is 22.9 Å². The number of ether oxygens (including phenoxy) is 2. The van der Waals surface area contributed by atoms with Crippen LogP contribution in [0.2, 0.25) is 0 Å². The molecule has 8 nitrogen and oxygen atoms in total. The van der Waals surface area contributed by atoms with Gasteiger partial charge in [-0.2, -0.15) is 0 Å². The smallest absolute Gasteiger partial charge is 0.341 e. The van der Waals surface area contributed by atoms with Crippen molar-refractivity contribution >= 4 is 17.6 Å². The van der Waals surface area contributed by atoms with Crippen molar-refractivity contribution in [2.45, 2.75) is 32.7 Å². The van der Waals surface area contributed by atoms with E-state index in [0.29, 0.717) is 23.5 Å². The molecule has 2 aromatic rings. The van der Waals surface area contributed by atoms with Gasteiger partial charge in [-0.25, -0.2) is 4.79 Å². The predicted octanol–water partition coefficient (Wildman–Crippen LogP) is 2.12. The van der Waals surface area contributed by atoms with Gasteiger partial charge in [0.2, 0.25) is 11.8 Å². The number of nitrogens with zero attached hydrogens (tertiary/aromatic N) is 2. The topological polar surface area (TPSA) is 104 Å². The van der Waals surface area contributed by atoms with Crippen LogP contribution in [0.15, 0.2) is 59.2 Å². The third-order valence-corrected chi connectivity index (χ3v) is 5.96. The normalized spacial score (nSPS) is 19.0. The first-order valence-electron chi connectivity index (χ1n) is 10.5. The molecule has 0 saturated carbocycles. The van der Waals surface area contributed by atoms with Crippen LogP contribution in [0.3, 0.4) is 0 Å². The average molecular weight is 435 g/mol. The number of amides is 1. The molecule has 0 radical (unpaired) electrons. The van der Waals surface area contributed by atoms with Crippen LogP contribution in [0.1, 0.15) is 30.7 Å². The van der Waals surface area contributed by atoms with Crippen LogP contribution in [0, 0.1) is 6.92 Å². The highest BCUT2D eigenvalue weighted by atomic mass is 16.5. The molecule has 2 aliphatic rings. The van der Waals surface area contributed by atoms with E-state index in [2.05, 4.69) is 6.58 Å². The fraction of sp³-hybridized carbons (Fsp3) is 0.292. The van der Waals surface area contributed by atoms with Crippen LogP contribution in [0.4, 0.5) is 5.69 Å². The number of hydrogen-bond acceptors (Lipinski definition) is 6. The lowest BCUT2D eigenvalue weighted by Crippen LogP contribution is -2.52. The van der Waals surface area contributed by atoms with Gasteiger partial charge in [-0.15, -0.1) is 6.58 Å². The first-order valence-corrected chi connectivity index (χ1v) is 10.5. The molecular weight excluding hydrogens is 410 g/mol. The Morgan fingerprint density at radius 1 is 1.28 bits per heavy atom. The highest BCUT2D eigenvalue weighted by molar-refractivity contribution is 6.18. The summed E-state index contributed by atoms with van der Waals surface area (Å²) in [5, 5.41) is 0. The summed E-state index contributed by atoms with van der Waals surface area (Å²) in [5.41, 5.74) is 5.63. The number of nitrogens with two attached hydrogens (primary N) is 1. The average Bonchev–Trinajstić information content (AvgIpc) is 2.98. The van der Waals surface area contributed by atoms with E-state index in [0.717, 1.165) is 0 Å². The fourth-order valence-corrected chi connectivity index (χ4v) is 4.74. The molecule has 8 heteroatoms. The Morgan fingerprint density at radius 2 is 2.00 bits per heavy atom. The highest BCUT2D eigenvalue weighted by Gasteiger charge is 2.62. The second-order valence-electron chi connectivity index (χ2n) is 7.61. The Morgan fingerprint density at radius 3 is 2.66 bits per heavy atom. The van der Waals surface area contributed by atoms with E-state index in [1.165, 1.54) is 4.90 Å². The zero-order valence-electron chi connectivity index (χ0n) is 18.3. The number of fused-ring (bicyclic) bond motifs is 4. The highest BCUT2D eigenvalue weighted by Crippen LogP contribution is 2.54. The lowest BCUT2D eigenvalue weighted by atomic mass is 9.68. The maximum atomic E-state index is 14.2. The zero-order valence-corrected chi connectivity index (χ0v) is 18.3. The molecule has 1 spiro atoms. The number of hydrogen-bond donors (Lipinski definition) is 1. The Kier molecular flexibility index (Phi) is 5.16. The van der Waals surface area contributed by atoms with Gasteiger partial charge < -0.3 is 24.7 Å². The molecule has 3 heterocycles. The number of benzene rings is 1. The maximum absolute atomic E-state index is 14.2. The van der Waals surface area contributed by atoms with Gasteiger partial charge in [-0.1, -0.05) is 24.3 Å². The van der Waals surface area contributed by atoms with Crippen LogP contribution in [0.25, 0.3) is 0 Å². The summed E-state index contributed by atoms with van der Waals surface area (Å²) in [6.07, 6.45) is 1.59. The first-order chi connectivity index (χ1) is 15.3. The number of esters is 1. The molecule has 1 aromatic heterocycles. The Balaban J connectivity index is 2.20. The van der Waals surface area contributed by atoms with Gasteiger partial charge in [0.25, 0.3) is 5.56 Å². The van der Waals surface area contributed by atoms with E-state index in [-0.39, 0.29) is 35.9 Å². The summed E-state index contributed by atoms with van der Waals surface area (Å²) in [7, 11) is 0. The van der Waals surface area contributed by atoms with Crippen LogP contribution in [0.5, 0.6) is 5.75 Å². The number of aryl methyl sites for hydroxylation is 1. The van der Waals surface area contributed by atoms with Gasteiger partial charge in [0.1, 0.15) is 16.7 Å². The van der Waals surface area contributed by atoms with E-state index in [4.69, 9.17) is 15.2 Å². The summed E-state index contributed by atoms with van der Waals surface area (Å²) in [5.74, 6) is -1.38. The standard InChI is InChI=1S/C24H25N3O5/c1-5-12-27-16-11-9-8-10-15(16)24(23(27)30)18-17(13-14(4)26(6-2)21(18)28)32-20(25)19(24)22(29)31-7-3/h5,8-11,13H,1,6-7,12,25H2,2-4H3. The summed E-state index contributed by atoms with van der Waals surface area (Å²) in [6.45, 7) is 9.66. The molecule has 2 N–H and O–H groups in total. The van der Waals surface area contributed by atoms with E-state index in [9.17, 15) is 14.4 Å². The number of rotatable bonds is 5. The summed E-state index contributed by atoms with van der Waals surface area (Å²) >= 11 is 0. The molecule has 0 fully saturated rings. The molecule has 4 rings (SSSR count). The number of para-hydroxylation sites is 1. The molecular formula is C24H25N3O5. The minimum Gasteiger partial charge on any atom is -0.462 e. The van der Waals surface area contributed by atoms with Crippen molar-refractivity contribution < 1.29 is 19.1 Å². The minimum absolute atomic E-state index is 0.0613. The molecule has 0 aliphatic carbocycles. The van der Waals surface area contributed by atoms with Crippen molar-refractivity contribution in [2.24, 2.45) is 5.73 Å². The van der Waals surface area contributed by atoms with Crippen LogP contribution >= 0.6 is 0 Å². The van der Waals surface area contributed by atoms with Crippen LogP contribution in [-0.2, 0) is 26.3 Å². The van der Waals surface area contributed by atoms with E-state index in [1.54, 1.807) is 54.8 Å². The third kappa shape index (κ3) is 2.65. The summed E-state index contributed by atoms with van der Waals surface area (Å²) < 4.78 is 12.6. The van der Waals surface area contributed by atoms with Gasteiger partial charge in [0.05, 0.1) is 12.2 Å². The maximum Gasteiger partial charge on any atom is 0.341 e. The van der Waals surface area contributed by atoms with Crippen molar-refractivity contribution in [1.82, 2.24) is 4.57 Å². The monoisotopic (exact) mass is 435 g/mol. The lowest BCUT2D eigenvalue weighted by Gasteiger charge is -2.36. The quantitative estimate of drug-likeness (QED) is 0.570. The second kappa shape index (κ2) is 7.71. The number of carbonyl (C=O) groups excluding carboxylic acids is 2. The SMILES string of the molecule is C=CCN1C(=O)C2(C(C(=O)OCC)=C(N)Oc3cc(C)n(CC)c(=O)c32)c2ccccc21. The van der Waals surface area contributed by atoms with E-state index in [1.807, 2.05) is 6.92 Å². The molecule has 1 atom stereocenters. The van der Waals surface area contributed by atoms with Crippen LogP contribution < -0.4 is 20.9 Å². The number of anilines is 1. The lowest BCUT2D eigenvalue weighted by molar-refractivity contribution is -0.140. The molecule has 2 aliphatic heterocycles. The van der Waals surface area contributed by atoms with Crippen LogP contribution in [-0.4, -0.2) is 29.6 Å². The first kappa shape index (κ1) is 21.4. The minimum atomic E-state index is -1.79. The van der Waals surface area contributed by atoms with Crippen molar-refractivity contribution in [3.8, 4) is 5.75 Å². The summed E-state index contributed by atoms with van der Waals surface area (Å²) in [4.78, 5) is 42.6. The molecule has 1 unspecified atom stereocenters. The van der Waals surface area contributed by atoms with Gasteiger partial charge in [0, 0.05) is 36.1 Å². The number of pyridine rings is 1. The van der Waals surface area contributed by atoms with Crippen molar-refractivity contribution in [3.63, 3.8) is 0 Å². The molecule has 166 valence electrons. The molecule has 32 heavy (non-hydrogen) atoms.